The summed E-state index contributed by atoms with van der Waals surface area (Å²) in [6.45, 7) is 2.06. The lowest BCUT2D eigenvalue weighted by atomic mass is 10.2. The van der Waals surface area contributed by atoms with Gasteiger partial charge in [-0.25, -0.2) is 4.68 Å². The van der Waals surface area contributed by atoms with E-state index < -0.39 is 0 Å². The van der Waals surface area contributed by atoms with Gasteiger partial charge in [-0.1, -0.05) is 0 Å². The molecule has 1 saturated heterocycles. The van der Waals surface area contributed by atoms with Crippen LogP contribution in [0.25, 0.3) is 0 Å². The summed E-state index contributed by atoms with van der Waals surface area (Å²) in [5.74, 6) is 0.947. The fraction of sp³-hybridized carbons (Fsp3) is 0.900. The van der Waals surface area contributed by atoms with Crippen LogP contribution in [0.3, 0.4) is 0 Å². The Bertz CT molecular complexity index is 362. The number of hydrogen-bond acceptors (Lipinski definition) is 5. The molecule has 2 aliphatic rings. The Kier molecular flexibility index (Phi) is 2.61. The first kappa shape index (κ1) is 10.2. The summed E-state index contributed by atoms with van der Waals surface area (Å²) in [6, 6.07) is 0.824. The minimum Gasteiger partial charge on any atom is -0.395 e. The maximum absolute atomic E-state index is 9.26. The van der Waals surface area contributed by atoms with E-state index in [1.807, 2.05) is 4.68 Å². The highest BCUT2D eigenvalue weighted by atomic mass is 16.3. The lowest BCUT2D eigenvalue weighted by Gasteiger charge is -2.21. The zero-order valence-electron chi connectivity index (χ0n) is 9.29. The Morgan fingerprint density at radius 3 is 2.94 bits per heavy atom. The normalized spacial score (nSPS) is 26.4. The Hall–Kier alpha value is -1.01. The zero-order chi connectivity index (χ0) is 11.0. The van der Waals surface area contributed by atoms with Gasteiger partial charge in [0.05, 0.1) is 19.2 Å². The van der Waals surface area contributed by atoms with Gasteiger partial charge in [0.15, 0.2) is 5.82 Å². The number of aromatic nitrogens is 4. The molecule has 1 aliphatic heterocycles. The summed E-state index contributed by atoms with van der Waals surface area (Å²) in [5, 5.41) is 21.1. The van der Waals surface area contributed by atoms with Crippen LogP contribution in [0.2, 0.25) is 0 Å². The van der Waals surface area contributed by atoms with E-state index in [2.05, 4.69) is 20.4 Å². The minimum atomic E-state index is 0.241. The van der Waals surface area contributed by atoms with E-state index in [1.54, 1.807) is 0 Å². The van der Waals surface area contributed by atoms with Crippen LogP contribution in [0, 0.1) is 0 Å². The highest BCUT2D eigenvalue weighted by Crippen LogP contribution is 2.34. The van der Waals surface area contributed by atoms with E-state index >= 15 is 0 Å². The second-order valence-electron chi connectivity index (χ2n) is 4.72. The molecule has 6 heteroatoms. The monoisotopic (exact) mass is 223 g/mol. The molecule has 1 aromatic heterocycles. The van der Waals surface area contributed by atoms with Gasteiger partial charge < -0.3 is 5.11 Å². The van der Waals surface area contributed by atoms with Crippen molar-refractivity contribution in [2.45, 2.75) is 44.3 Å². The molecule has 1 saturated carbocycles. The van der Waals surface area contributed by atoms with Crippen LogP contribution in [0.15, 0.2) is 0 Å². The van der Waals surface area contributed by atoms with Gasteiger partial charge in [0.1, 0.15) is 0 Å². The van der Waals surface area contributed by atoms with Crippen LogP contribution >= 0.6 is 0 Å². The van der Waals surface area contributed by atoms with Crippen LogP contribution in [-0.2, 0) is 6.54 Å². The molecule has 16 heavy (non-hydrogen) atoms. The van der Waals surface area contributed by atoms with Crippen LogP contribution in [0.4, 0.5) is 0 Å². The van der Waals surface area contributed by atoms with E-state index in [-0.39, 0.29) is 6.61 Å². The smallest absolute Gasteiger partial charge is 0.165 e. The summed E-state index contributed by atoms with van der Waals surface area (Å²) in [5.41, 5.74) is 0. The second-order valence-corrected chi connectivity index (χ2v) is 4.72. The Morgan fingerprint density at radius 2 is 2.19 bits per heavy atom. The lowest BCUT2D eigenvalue weighted by molar-refractivity contribution is 0.149. The van der Waals surface area contributed by atoms with Crippen molar-refractivity contribution in [2.75, 3.05) is 13.2 Å². The van der Waals surface area contributed by atoms with Gasteiger partial charge in [-0.2, -0.15) is 0 Å². The van der Waals surface area contributed by atoms with E-state index in [0.717, 1.165) is 31.8 Å². The summed E-state index contributed by atoms with van der Waals surface area (Å²) < 4.78 is 1.95. The molecule has 0 amide bonds. The molecule has 1 aliphatic carbocycles. The van der Waals surface area contributed by atoms with Crippen molar-refractivity contribution in [3.63, 3.8) is 0 Å². The highest BCUT2D eigenvalue weighted by Gasteiger charge is 2.30. The first-order valence-corrected chi connectivity index (χ1v) is 6.00. The number of hydrogen-bond donors (Lipinski definition) is 1. The maximum atomic E-state index is 9.26. The number of nitrogens with zero attached hydrogens (tertiary/aromatic N) is 5. The van der Waals surface area contributed by atoms with Gasteiger partial charge in [-0.15, -0.1) is 5.10 Å². The molecule has 0 unspecified atom stereocenters. The summed E-state index contributed by atoms with van der Waals surface area (Å²) in [4.78, 5) is 2.28. The van der Waals surface area contributed by atoms with Gasteiger partial charge in [0.2, 0.25) is 0 Å². The van der Waals surface area contributed by atoms with Gasteiger partial charge in [-0.05, 0) is 42.7 Å². The van der Waals surface area contributed by atoms with Crippen molar-refractivity contribution in [3.05, 3.63) is 5.82 Å². The van der Waals surface area contributed by atoms with Crippen LogP contribution < -0.4 is 0 Å². The van der Waals surface area contributed by atoms with Crippen molar-refractivity contribution in [1.29, 1.82) is 0 Å². The molecule has 2 fully saturated rings. The number of likely N-dealkylation sites (tertiary alicyclic amines) is 1. The molecule has 0 aromatic carbocycles. The fourth-order valence-electron chi connectivity index (χ4n) is 2.41. The number of aliphatic hydroxyl groups excluding tert-OH is 1. The Morgan fingerprint density at radius 1 is 1.31 bits per heavy atom. The largest absolute Gasteiger partial charge is 0.395 e. The number of rotatable bonds is 4. The third kappa shape index (κ3) is 1.82. The molecule has 88 valence electrons. The SMILES string of the molecule is OC[C@@H]1CCCN1Cc1nnnn1C1CC1. The highest BCUT2D eigenvalue weighted by molar-refractivity contribution is 4.92. The Balaban J connectivity index is 1.70. The molecule has 0 spiro atoms. The average molecular weight is 223 g/mol. The first-order valence-electron chi connectivity index (χ1n) is 6.00. The number of tetrazole rings is 1. The fourth-order valence-corrected chi connectivity index (χ4v) is 2.41. The molecule has 0 bridgehead atoms. The topological polar surface area (TPSA) is 67.1 Å². The zero-order valence-corrected chi connectivity index (χ0v) is 9.29. The second kappa shape index (κ2) is 4.10. The lowest BCUT2D eigenvalue weighted by Crippen LogP contribution is -2.32. The molecule has 1 aromatic rings. The maximum Gasteiger partial charge on any atom is 0.165 e. The summed E-state index contributed by atoms with van der Waals surface area (Å²) in [7, 11) is 0. The Labute approximate surface area is 94.2 Å². The third-order valence-electron chi connectivity index (χ3n) is 3.51. The number of aliphatic hydroxyl groups is 1. The first-order chi connectivity index (χ1) is 7.88. The van der Waals surface area contributed by atoms with Crippen LogP contribution in [0.5, 0.6) is 0 Å². The predicted molar refractivity (Wildman–Crippen MR) is 56.6 cm³/mol. The molecule has 3 rings (SSSR count). The minimum absolute atomic E-state index is 0.241. The van der Waals surface area contributed by atoms with Crippen molar-refractivity contribution in [3.8, 4) is 0 Å². The predicted octanol–water partition coefficient (Wildman–Crippen LogP) is -0.0353. The standard InChI is InChI=1S/C10H17N5O/c16-7-9-2-1-5-14(9)6-10-11-12-13-15(10)8-3-4-8/h8-9,16H,1-7H2/t9-/m0/s1. The van der Waals surface area contributed by atoms with Crippen molar-refractivity contribution < 1.29 is 5.11 Å². The average Bonchev–Trinajstić information content (AvgIpc) is 2.88. The van der Waals surface area contributed by atoms with Crippen LogP contribution in [0.1, 0.15) is 37.5 Å². The molecule has 6 nitrogen and oxygen atoms in total. The van der Waals surface area contributed by atoms with Gasteiger partial charge in [-0.3, -0.25) is 4.90 Å². The molecule has 1 atom stereocenters. The third-order valence-corrected chi connectivity index (χ3v) is 3.51. The summed E-state index contributed by atoms with van der Waals surface area (Å²) >= 11 is 0. The summed E-state index contributed by atoms with van der Waals surface area (Å²) in [6.07, 6.45) is 4.64. The molecular formula is C10H17N5O. The van der Waals surface area contributed by atoms with E-state index in [4.69, 9.17) is 0 Å². The van der Waals surface area contributed by atoms with Crippen LogP contribution in [-0.4, -0.2) is 49.4 Å². The van der Waals surface area contributed by atoms with Crippen molar-refractivity contribution in [1.82, 2.24) is 25.1 Å². The molecule has 2 heterocycles. The quantitative estimate of drug-likeness (QED) is 0.776. The van der Waals surface area contributed by atoms with E-state index in [0.29, 0.717) is 12.1 Å². The van der Waals surface area contributed by atoms with Crippen molar-refractivity contribution in [2.24, 2.45) is 0 Å². The van der Waals surface area contributed by atoms with E-state index in [1.165, 1.54) is 12.8 Å². The van der Waals surface area contributed by atoms with E-state index in [9.17, 15) is 5.11 Å². The van der Waals surface area contributed by atoms with Gasteiger partial charge in [0.25, 0.3) is 0 Å². The van der Waals surface area contributed by atoms with Gasteiger partial charge >= 0.3 is 0 Å². The molecular weight excluding hydrogens is 206 g/mol. The van der Waals surface area contributed by atoms with Crippen molar-refractivity contribution >= 4 is 0 Å². The molecule has 1 N–H and O–H groups in total. The van der Waals surface area contributed by atoms with Gasteiger partial charge in [0, 0.05) is 6.04 Å². The molecule has 0 radical (unpaired) electrons.